The Morgan fingerprint density at radius 1 is 1.13 bits per heavy atom. The normalized spacial score (nSPS) is 11.1. The van der Waals surface area contributed by atoms with Crippen LogP contribution < -0.4 is 21.1 Å². The first-order valence-electron chi connectivity index (χ1n) is 13.5. The summed E-state index contributed by atoms with van der Waals surface area (Å²) in [5.74, 6) is 3.15. The third-order valence-corrected chi connectivity index (χ3v) is 6.69. The molecule has 0 radical (unpaired) electrons. The van der Waals surface area contributed by atoms with Crippen LogP contribution in [0.15, 0.2) is 61.1 Å². The summed E-state index contributed by atoms with van der Waals surface area (Å²) in [6, 6.07) is 11.0. The van der Waals surface area contributed by atoms with Crippen molar-refractivity contribution in [3.05, 3.63) is 72.2 Å². The first-order chi connectivity index (χ1) is 21.4. The fourth-order valence-electron chi connectivity index (χ4n) is 4.72. The molecule has 0 saturated carbocycles. The van der Waals surface area contributed by atoms with Gasteiger partial charge in [0.05, 0.1) is 34.8 Å². The summed E-state index contributed by atoms with van der Waals surface area (Å²) in [6.45, 7) is 4.03. The zero-order chi connectivity index (χ0) is 32.9. The molecule has 0 spiro atoms. The van der Waals surface area contributed by atoms with E-state index in [4.69, 9.17) is 15.2 Å². The summed E-state index contributed by atoms with van der Waals surface area (Å²) in [6.07, 6.45) is -3.05. The number of nitrogens with one attached hydrogen (secondary N) is 2. The van der Waals surface area contributed by atoms with E-state index in [-0.39, 0.29) is 23.7 Å². The predicted molar refractivity (Wildman–Crippen MR) is 163 cm³/mol. The third-order valence-electron chi connectivity index (χ3n) is 6.69. The number of methoxy groups -OCH3 is 1. The number of nitrogen functional groups attached to an aromatic ring is 1. The topological polar surface area (TPSA) is 120 Å². The molecule has 0 aliphatic rings. The standard InChI is InChI=1S/C32H29F4N5O4/c1-5-45-14-6-7-21-16-38-29(37)26-25(20-10-13-23(24(15-20)44-4)31(43)39-17-32(34,35)36)27(41(3)28(21)26)19-8-11-22(12-9-19)40-30(42)18(2)33/h8-13,15-16H,2,5,14,17H2,1,3-4H3,(H2,37,38)(H,39,43)(H,40,42). The number of alkyl halides is 3. The monoisotopic (exact) mass is 623 g/mol. The van der Waals surface area contributed by atoms with E-state index in [1.807, 2.05) is 16.8 Å². The Morgan fingerprint density at radius 2 is 1.82 bits per heavy atom. The fourth-order valence-corrected chi connectivity index (χ4v) is 4.72. The summed E-state index contributed by atoms with van der Waals surface area (Å²) in [5.41, 5.74) is 10.2. The average molecular weight is 624 g/mol. The number of hydrogen-bond donors (Lipinski definition) is 3. The van der Waals surface area contributed by atoms with Crippen molar-refractivity contribution >= 4 is 34.2 Å². The SMILES string of the molecule is C=C(F)C(=O)Nc1ccc(-c2c(-c3ccc(C(=O)NCC(F)(F)F)c(OC)c3)c3c(N)ncc(C#CCOCC)c3n2C)cc1. The van der Waals surface area contributed by atoms with Gasteiger partial charge in [0.2, 0.25) is 0 Å². The molecular formula is C32H29F4N5O4. The van der Waals surface area contributed by atoms with E-state index in [1.165, 1.54) is 19.2 Å². The highest BCUT2D eigenvalue weighted by molar-refractivity contribution is 6.11. The van der Waals surface area contributed by atoms with Gasteiger partial charge < -0.3 is 30.4 Å². The average Bonchev–Trinajstić information content (AvgIpc) is 3.32. The summed E-state index contributed by atoms with van der Waals surface area (Å²) in [4.78, 5) is 28.8. The molecule has 0 aliphatic heterocycles. The van der Waals surface area contributed by atoms with Crippen molar-refractivity contribution in [1.82, 2.24) is 14.9 Å². The molecule has 2 aromatic heterocycles. The molecule has 9 nitrogen and oxygen atoms in total. The van der Waals surface area contributed by atoms with Crippen molar-refractivity contribution in [2.45, 2.75) is 13.1 Å². The molecule has 4 rings (SSSR count). The lowest BCUT2D eigenvalue weighted by Crippen LogP contribution is -2.33. The smallest absolute Gasteiger partial charge is 0.405 e. The van der Waals surface area contributed by atoms with Crippen molar-refractivity contribution in [3.8, 4) is 40.0 Å². The number of hydrogen-bond acceptors (Lipinski definition) is 6. The number of carbonyl (C=O) groups is 2. The van der Waals surface area contributed by atoms with Gasteiger partial charge in [-0.1, -0.05) is 36.6 Å². The van der Waals surface area contributed by atoms with Gasteiger partial charge in [0.25, 0.3) is 11.8 Å². The number of aromatic nitrogens is 2. The van der Waals surface area contributed by atoms with E-state index >= 15 is 0 Å². The Morgan fingerprint density at radius 3 is 2.44 bits per heavy atom. The summed E-state index contributed by atoms with van der Waals surface area (Å²) in [7, 11) is 3.10. The Balaban J connectivity index is 1.94. The van der Waals surface area contributed by atoms with E-state index in [9.17, 15) is 27.2 Å². The molecule has 0 saturated heterocycles. The van der Waals surface area contributed by atoms with Crippen LogP contribution >= 0.6 is 0 Å². The second-order valence-electron chi connectivity index (χ2n) is 9.65. The maximum Gasteiger partial charge on any atom is 0.405 e. The number of amides is 2. The maximum absolute atomic E-state index is 13.2. The Hall–Kier alpha value is -5.35. The maximum atomic E-state index is 13.2. The number of rotatable bonds is 9. The number of ether oxygens (including phenoxy) is 2. The van der Waals surface area contributed by atoms with Gasteiger partial charge >= 0.3 is 6.18 Å². The van der Waals surface area contributed by atoms with Crippen LogP contribution in [-0.4, -0.2) is 54.4 Å². The molecule has 45 heavy (non-hydrogen) atoms. The van der Waals surface area contributed by atoms with Gasteiger partial charge in [-0.3, -0.25) is 9.59 Å². The molecular weight excluding hydrogens is 594 g/mol. The summed E-state index contributed by atoms with van der Waals surface area (Å²) in [5, 5.41) is 4.78. The van der Waals surface area contributed by atoms with Crippen LogP contribution in [0.4, 0.5) is 29.1 Å². The number of nitrogens with two attached hydrogens (primary N) is 1. The molecule has 0 fully saturated rings. The number of nitrogens with zero attached hydrogens (tertiary/aromatic N) is 2. The Kier molecular flexibility index (Phi) is 9.79. The quantitative estimate of drug-likeness (QED) is 0.0967. The number of aryl methyl sites for hydroxylation is 1. The number of fused-ring (bicyclic) bond motifs is 1. The first-order valence-corrected chi connectivity index (χ1v) is 13.5. The largest absolute Gasteiger partial charge is 0.496 e. The van der Waals surface area contributed by atoms with E-state index in [2.05, 4.69) is 28.7 Å². The fraction of sp³-hybridized carbons (Fsp3) is 0.219. The minimum absolute atomic E-state index is 0.0267. The number of pyridine rings is 1. The highest BCUT2D eigenvalue weighted by atomic mass is 19.4. The zero-order valence-corrected chi connectivity index (χ0v) is 24.6. The third kappa shape index (κ3) is 7.25. The number of benzene rings is 2. The van der Waals surface area contributed by atoms with Crippen molar-refractivity contribution in [2.24, 2.45) is 7.05 Å². The van der Waals surface area contributed by atoms with Gasteiger partial charge in [-0.15, -0.1) is 0 Å². The highest BCUT2D eigenvalue weighted by Crippen LogP contribution is 2.44. The van der Waals surface area contributed by atoms with Crippen molar-refractivity contribution in [2.75, 3.05) is 37.9 Å². The van der Waals surface area contributed by atoms with Crippen LogP contribution in [0.25, 0.3) is 33.3 Å². The molecule has 4 aromatic rings. The lowest BCUT2D eigenvalue weighted by Gasteiger charge is -2.14. The van der Waals surface area contributed by atoms with Gasteiger partial charge in [0.1, 0.15) is 24.7 Å². The van der Waals surface area contributed by atoms with Gasteiger partial charge in [-0.05, 0) is 42.3 Å². The molecule has 2 aromatic carbocycles. The zero-order valence-electron chi connectivity index (χ0n) is 24.6. The number of carbonyl (C=O) groups excluding carboxylic acids is 2. The highest BCUT2D eigenvalue weighted by Gasteiger charge is 2.29. The molecule has 13 heteroatoms. The Bertz CT molecular complexity index is 1840. The lowest BCUT2D eigenvalue weighted by atomic mass is 9.96. The minimum atomic E-state index is -4.59. The summed E-state index contributed by atoms with van der Waals surface area (Å²) < 4.78 is 64.1. The van der Waals surface area contributed by atoms with E-state index < -0.39 is 30.4 Å². The van der Waals surface area contributed by atoms with Crippen LogP contribution in [0.3, 0.4) is 0 Å². The van der Waals surface area contributed by atoms with Crippen molar-refractivity contribution in [1.29, 1.82) is 0 Å². The van der Waals surface area contributed by atoms with Crippen LogP contribution in [0.5, 0.6) is 5.75 Å². The van der Waals surface area contributed by atoms with E-state index in [1.54, 1.807) is 43.6 Å². The number of halogens is 4. The number of anilines is 2. The lowest BCUT2D eigenvalue weighted by molar-refractivity contribution is -0.123. The molecule has 2 heterocycles. The van der Waals surface area contributed by atoms with E-state index in [0.29, 0.717) is 51.1 Å². The molecule has 0 aliphatic carbocycles. The van der Waals surface area contributed by atoms with E-state index in [0.717, 1.165) is 0 Å². The molecule has 234 valence electrons. The second kappa shape index (κ2) is 13.5. The second-order valence-corrected chi connectivity index (χ2v) is 9.65. The van der Waals surface area contributed by atoms with Crippen molar-refractivity contribution in [3.63, 3.8) is 0 Å². The molecule has 0 bridgehead atoms. The molecule has 2 amide bonds. The predicted octanol–water partition coefficient (Wildman–Crippen LogP) is 5.60. The van der Waals surface area contributed by atoms with Crippen LogP contribution in [0, 0.1) is 11.8 Å². The van der Waals surface area contributed by atoms with Crippen LogP contribution in [0.1, 0.15) is 22.8 Å². The van der Waals surface area contributed by atoms with Crippen LogP contribution in [0.2, 0.25) is 0 Å². The summed E-state index contributed by atoms with van der Waals surface area (Å²) >= 11 is 0. The van der Waals surface area contributed by atoms with Crippen LogP contribution in [-0.2, 0) is 16.6 Å². The van der Waals surface area contributed by atoms with Gasteiger partial charge in [0.15, 0.2) is 5.83 Å². The first kappa shape index (κ1) is 32.6. The van der Waals surface area contributed by atoms with Gasteiger partial charge in [-0.2, -0.15) is 13.2 Å². The molecule has 0 atom stereocenters. The minimum Gasteiger partial charge on any atom is -0.496 e. The van der Waals surface area contributed by atoms with Gasteiger partial charge in [0, 0.05) is 31.1 Å². The Labute approximate surface area is 256 Å². The molecule has 4 N–H and O–H groups in total. The van der Waals surface area contributed by atoms with Crippen molar-refractivity contribution < 1.29 is 36.6 Å². The molecule has 0 unspecified atom stereocenters. The van der Waals surface area contributed by atoms with Gasteiger partial charge in [-0.25, -0.2) is 9.37 Å².